The van der Waals surface area contributed by atoms with Crippen molar-refractivity contribution in [3.8, 4) is 5.75 Å². The predicted molar refractivity (Wildman–Crippen MR) is 93.8 cm³/mol. The highest BCUT2D eigenvalue weighted by Crippen LogP contribution is 2.15. The van der Waals surface area contributed by atoms with Crippen LogP contribution in [0, 0.1) is 5.92 Å². The number of hydrogen-bond donors (Lipinski definition) is 1. The van der Waals surface area contributed by atoms with Crippen LogP contribution in [0.4, 0.5) is 0 Å². The van der Waals surface area contributed by atoms with Crippen molar-refractivity contribution in [1.82, 2.24) is 5.32 Å². The Morgan fingerprint density at radius 1 is 1.16 bits per heavy atom. The highest BCUT2D eigenvalue weighted by atomic mass is 32.1. The number of hydrogen-bond acceptors (Lipinski definition) is 6. The highest BCUT2D eigenvalue weighted by Gasteiger charge is 2.14. The van der Waals surface area contributed by atoms with Crippen molar-refractivity contribution in [3.05, 3.63) is 52.2 Å². The molecule has 1 N–H and O–H groups in total. The lowest BCUT2D eigenvalue weighted by atomic mass is 10.2. The third-order valence-electron chi connectivity index (χ3n) is 2.99. The second-order valence-corrected chi connectivity index (χ2v) is 6.61. The van der Waals surface area contributed by atoms with E-state index in [0.717, 1.165) is 0 Å². The maximum Gasteiger partial charge on any atom is 0.338 e. The Kier molecular flexibility index (Phi) is 6.71. The number of carbonyl (C=O) groups is 3. The molecule has 2 rings (SSSR count). The van der Waals surface area contributed by atoms with Crippen LogP contribution >= 0.6 is 11.3 Å². The molecule has 1 aromatic heterocycles. The number of amides is 2. The number of carbonyl (C=O) groups excluding carboxylic acids is 3. The minimum Gasteiger partial charge on any atom is -0.493 e. The Morgan fingerprint density at radius 3 is 2.64 bits per heavy atom. The molecule has 2 amide bonds. The minimum absolute atomic E-state index is 0.277. The number of imide groups is 1. The maximum atomic E-state index is 12.0. The summed E-state index contributed by atoms with van der Waals surface area (Å²) in [6.45, 7) is 4.04. The summed E-state index contributed by atoms with van der Waals surface area (Å²) in [7, 11) is 0. The van der Waals surface area contributed by atoms with Gasteiger partial charge in [-0.25, -0.2) is 4.79 Å². The van der Waals surface area contributed by atoms with Gasteiger partial charge in [0.05, 0.1) is 17.0 Å². The molecule has 0 aliphatic rings. The summed E-state index contributed by atoms with van der Waals surface area (Å²) in [5, 5.41) is 3.89. The van der Waals surface area contributed by atoms with Crippen LogP contribution in [0.5, 0.6) is 5.75 Å². The van der Waals surface area contributed by atoms with Gasteiger partial charge < -0.3 is 9.47 Å². The van der Waals surface area contributed by atoms with E-state index in [1.165, 1.54) is 11.3 Å². The fourth-order valence-corrected chi connectivity index (χ4v) is 2.44. The summed E-state index contributed by atoms with van der Waals surface area (Å²) in [5.41, 5.74) is 0.277. The zero-order valence-corrected chi connectivity index (χ0v) is 14.8. The van der Waals surface area contributed by atoms with Gasteiger partial charge in [-0.3, -0.25) is 14.9 Å². The van der Waals surface area contributed by atoms with Crippen LogP contribution in [0.1, 0.15) is 33.9 Å². The van der Waals surface area contributed by atoms with Crippen LogP contribution in [-0.4, -0.2) is 31.0 Å². The number of nitrogens with one attached hydrogen (secondary N) is 1. The molecule has 0 spiro atoms. The molecule has 0 saturated heterocycles. The van der Waals surface area contributed by atoms with Crippen LogP contribution in [0.2, 0.25) is 0 Å². The fraction of sp³-hybridized carbons (Fsp3) is 0.278. The van der Waals surface area contributed by atoms with Gasteiger partial charge in [0.15, 0.2) is 6.61 Å². The lowest BCUT2D eigenvalue weighted by molar-refractivity contribution is -0.123. The van der Waals surface area contributed by atoms with Gasteiger partial charge >= 0.3 is 5.97 Å². The molecule has 7 heteroatoms. The van der Waals surface area contributed by atoms with E-state index < -0.39 is 24.4 Å². The van der Waals surface area contributed by atoms with Gasteiger partial charge in [-0.1, -0.05) is 26.0 Å². The van der Waals surface area contributed by atoms with Gasteiger partial charge in [0.25, 0.3) is 11.8 Å². The third kappa shape index (κ3) is 6.04. The Morgan fingerprint density at radius 2 is 1.96 bits per heavy atom. The first-order valence-corrected chi connectivity index (χ1v) is 8.61. The van der Waals surface area contributed by atoms with E-state index >= 15 is 0 Å². The van der Waals surface area contributed by atoms with Crippen LogP contribution in [0.3, 0.4) is 0 Å². The van der Waals surface area contributed by atoms with E-state index in [0.29, 0.717) is 23.2 Å². The molecule has 0 radical (unpaired) electrons. The molecule has 1 aromatic carbocycles. The minimum atomic E-state index is -0.682. The first kappa shape index (κ1) is 18.7. The summed E-state index contributed by atoms with van der Waals surface area (Å²) in [5.74, 6) is -0.937. The number of ether oxygens (including phenoxy) is 2. The van der Waals surface area contributed by atoms with Crippen molar-refractivity contribution >= 4 is 29.1 Å². The predicted octanol–water partition coefficient (Wildman–Crippen LogP) is 2.90. The van der Waals surface area contributed by atoms with Gasteiger partial charge in [-0.2, -0.15) is 0 Å². The molecule has 0 aliphatic carbocycles. The van der Waals surface area contributed by atoms with Crippen molar-refractivity contribution < 1.29 is 23.9 Å². The topological polar surface area (TPSA) is 81.7 Å². The van der Waals surface area contributed by atoms with Crippen LogP contribution in [0.15, 0.2) is 41.8 Å². The second-order valence-electron chi connectivity index (χ2n) is 5.66. The zero-order chi connectivity index (χ0) is 18.2. The van der Waals surface area contributed by atoms with E-state index in [4.69, 9.17) is 9.47 Å². The van der Waals surface area contributed by atoms with E-state index in [-0.39, 0.29) is 5.56 Å². The van der Waals surface area contributed by atoms with Crippen LogP contribution in [-0.2, 0) is 9.53 Å². The molecule has 0 aliphatic heterocycles. The summed E-state index contributed by atoms with van der Waals surface area (Å²) in [6.07, 6.45) is 0. The Hall–Kier alpha value is -2.67. The van der Waals surface area contributed by atoms with Crippen molar-refractivity contribution in [2.24, 2.45) is 5.92 Å². The van der Waals surface area contributed by atoms with Crippen molar-refractivity contribution in [2.45, 2.75) is 13.8 Å². The summed E-state index contributed by atoms with van der Waals surface area (Å²) in [6, 6.07) is 9.84. The van der Waals surface area contributed by atoms with Crippen molar-refractivity contribution in [1.29, 1.82) is 0 Å². The standard InChI is InChI=1S/C18H19NO5S/c1-12(2)10-23-14-6-3-5-13(9-14)18(22)24-11-16(20)19-17(21)15-7-4-8-25-15/h3-9,12H,10-11H2,1-2H3,(H,19,20,21). The lowest BCUT2D eigenvalue weighted by Crippen LogP contribution is -2.33. The average molecular weight is 361 g/mol. The van der Waals surface area contributed by atoms with E-state index in [1.807, 2.05) is 13.8 Å². The molecule has 1 heterocycles. The van der Waals surface area contributed by atoms with Crippen LogP contribution in [0.25, 0.3) is 0 Å². The van der Waals surface area contributed by atoms with Gasteiger partial charge in [-0.05, 0) is 35.6 Å². The highest BCUT2D eigenvalue weighted by molar-refractivity contribution is 7.12. The normalized spacial score (nSPS) is 10.4. The molecule has 0 bridgehead atoms. The molecule has 0 unspecified atom stereocenters. The summed E-state index contributed by atoms with van der Waals surface area (Å²) < 4.78 is 10.5. The molecular formula is C18H19NO5S. The monoisotopic (exact) mass is 361 g/mol. The average Bonchev–Trinajstić information content (AvgIpc) is 3.13. The quantitative estimate of drug-likeness (QED) is 0.767. The Balaban J connectivity index is 1.84. The number of esters is 1. The SMILES string of the molecule is CC(C)COc1cccc(C(=O)OCC(=O)NC(=O)c2cccs2)c1. The largest absolute Gasteiger partial charge is 0.493 e. The molecule has 0 saturated carbocycles. The maximum absolute atomic E-state index is 12.0. The van der Waals surface area contributed by atoms with Gasteiger partial charge in [0.1, 0.15) is 5.75 Å². The lowest BCUT2D eigenvalue weighted by Gasteiger charge is -2.10. The molecular weight excluding hydrogens is 342 g/mol. The third-order valence-corrected chi connectivity index (χ3v) is 3.85. The molecule has 0 atom stereocenters. The summed E-state index contributed by atoms with van der Waals surface area (Å²) in [4.78, 5) is 35.8. The van der Waals surface area contributed by atoms with Gasteiger partial charge in [0, 0.05) is 0 Å². The molecule has 132 valence electrons. The van der Waals surface area contributed by atoms with E-state index in [2.05, 4.69) is 5.32 Å². The number of benzene rings is 1. The smallest absolute Gasteiger partial charge is 0.338 e. The van der Waals surface area contributed by atoms with E-state index in [9.17, 15) is 14.4 Å². The first-order chi connectivity index (χ1) is 12.0. The molecule has 25 heavy (non-hydrogen) atoms. The fourth-order valence-electron chi connectivity index (χ4n) is 1.82. The second kappa shape index (κ2) is 8.98. The number of rotatable bonds is 7. The van der Waals surface area contributed by atoms with Gasteiger partial charge in [0.2, 0.25) is 0 Å². The number of thiophene rings is 1. The van der Waals surface area contributed by atoms with Crippen molar-refractivity contribution in [3.63, 3.8) is 0 Å². The Labute approximate surface area is 149 Å². The molecule has 2 aromatic rings. The Bertz CT molecular complexity index is 740. The molecule has 6 nitrogen and oxygen atoms in total. The van der Waals surface area contributed by atoms with E-state index in [1.54, 1.807) is 41.8 Å². The first-order valence-electron chi connectivity index (χ1n) is 7.73. The van der Waals surface area contributed by atoms with Crippen LogP contribution < -0.4 is 10.1 Å². The molecule has 0 fully saturated rings. The van der Waals surface area contributed by atoms with Gasteiger partial charge in [-0.15, -0.1) is 11.3 Å². The zero-order valence-electron chi connectivity index (χ0n) is 14.0. The van der Waals surface area contributed by atoms with Crippen molar-refractivity contribution in [2.75, 3.05) is 13.2 Å². The summed E-state index contributed by atoms with van der Waals surface area (Å²) >= 11 is 1.22.